The van der Waals surface area contributed by atoms with E-state index in [1.807, 2.05) is 6.07 Å². The van der Waals surface area contributed by atoms with Gasteiger partial charge in [-0.25, -0.2) is 9.97 Å². The Morgan fingerprint density at radius 3 is 2.44 bits per heavy atom. The van der Waals surface area contributed by atoms with Crippen LogP contribution >= 0.6 is 0 Å². The Kier molecular flexibility index (Phi) is 5.07. The number of nitrogens with zero attached hydrogens (tertiary/aromatic N) is 2. The highest BCUT2D eigenvalue weighted by Gasteiger charge is 2.32. The van der Waals surface area contributed by atoms with Crippen molar-refractivity contribution in [3.05, 3.63) is 72.1 Å². The molecule has 0 atom stereocenters. The summed E-state index contributed by atoms with van der Waals surface area (Å²) in [5, 5.41) is 11.6. The molecule has 0 aliphatic heterocycles. The summed E-state index contributed by atoms with van der Waals surface area (Å²) in [6, 6.07) is 14.8. The van der Waals surface area contributed by atoms with Gasteiger partial charge in [-0.15, -0.1) is 0 Å². The van der Waals surface area contributed by atoms with Crippen LogP contribution in [0.2, 0.25) is 0 Å². The minimum atomic E-state index is -4.54. The zero-order chi connectivity index (χ0) is 19.4. The Balaban J connectivity index is 1.81. The molecule has 1 aromatic heterocycles. The topological polar surface area (TPSA) is 75.1 Å². The molecule has 0 saturated carbocycles. The van der Waals surface area contributed by atoms with Crippen molar-refractivity contribution >= 4 is 17.6 Å². The van der Waals surface area contributed by atoms with Crippen LogP contribution in [0.4, 0.5) is 24.8 Å². The fourth-order valence-corrected chi connectivity index (χ4v) is 2.47. The summed E-state index contributed by atoms with van der Waals surface area (Å²) in [7, 11) is 0. The van der Waals surface area contributed by atoms with E-state index in [-0.39, 0.29) is 12.4 Å². The summed E-state index contributed by atoms with van der Waals surface area (Å²) in [5.41, 5.74) is 1.84. The molecule has 0 saturated heterocycles. The van der Waals surface area contributed by atoms with E-state index >= 15 is 0 Å². The molecule has 8 heteroatoms. The second-order valence-corrected chi connectivity index (χ2v) is 5.74. The number of aliphatic carboxylic acids is 1. The Morgan fingerprint density at radius 1 is 1.04 bits per heavy atom. The summed E-state index contributed by atoms with van der Waals surface area (Å²) < 4.78 is 38.2. The number of hydrogen-bond donors (Lipinski definition) is 2. The first-order valence-electron chi connectivity index (χ1n) is 7.90. The van der Waals surface area contributed by atoms with Gasteiger partial charge in [0, 0.05) is 11.9 Å². The van der Waals surface area contributed by atoms with Crippen LogP contribution in [0.15, 0.2) is 60.8 Å². The first-order valence-corrected chi connectivity index (χ1v) is 7.90. The van der Waals surface area contributed by atoms with Crippen LogP contribution in [-0.4, -0.2) is 21.0 Å². The van der Waals surface area contributed by atoms with Crippen molar-refractivity contribution in [3.8, 4) is 11.1 Å². The van der Waals surface area contributed by atoms with E-state index in [1.165, 1.54) is 0 Å². The number of carbonyl (C=O) groups is 1. The molecule has 0 aliphatic carbocycles. The van der Waals surface area contributed by atoms with E-state index in [2.05, 4.69) is 15.3 Å². The number of alkyl halides is 3. The number of halogens is 3. The smallest absolute Gasteiger partial charge is 0.433 e. The fraction of sp³-hybridized carbons (Fsp3) is 0.105. The third-order valence-electron chi connectivity index (χ3n) is 3.71. The Bertz CT molecular complexity index is 957. The molecular formula is C19H14F3N3O2. The Morgan fingerprint density at radius 2 is 1.78 bits per heavy atom. The van der Waals surface area contributed by atoms with Gasteiger partial charge < -0.3 is 10.4 Å². The quantitative estimate of drug-likeness (QED) is 0.687. The van der Waals surface area contributed by atoms with Crippen molar-refractivity contribution < 1.29 is 23.1 Å². The average Bonchev–Trinajstić information content (AvgIpc) is 2.62. The number of benzene rings is 2. The van der Waals surface area contributed by atoms with Gasteiger partial charge in [0.25, 0.3) is 0 Å². The molecule has 3 rings (SSSR count). The number of anilines is 2. The molecule has 2 aromatic carbocycles. The molecule has 1 heterocycles. The lowest BCUT2D eigenvalue weighted by molar-refractivity contribution is -0.141. The van der Waals surface area contributed by atoms with Crippen LogP contribution in [0, 0.1) is 0 Å². The number of carboxylic acids is 1. The second-order valence-electron chi connectivity index (χ2n) is 5.74. The third-order valence-corrected chi connectivity index (χ3v) is 3.71. The number of hydrogen-bond acceptors (Lipinski definition) is 4. The standard InChI is InChI=1S/C19H14F3N3O2/c20-19(21,22)16-8-9-23-18(25-16)24-15-3-1-2-14(11-15)13-6-4-12(5-7-13)10-17(26)27/h1-9,11H,10H2,(H,26,27)(H,23,24,25). The van der Waals surface area contributed by atoms with Crippen LogP contribution in [0.3, 0.4) is 0 Å². The second kappa shape index (κ2) is 7.45. The zero-order valence-electron chi connectivity index (χ0n) is 13.9. The summed E-state index contributed by atoms with van der Waals surface area (Å²) in [4.78, 5) is 18.0. The maximum atomic E-state index is 12.7. The van der Waals surface area contributed by atoms with E-state index in [1.54, 1.807) is 42.5 Å². The van der Waals surface area contributed by atoms with Gasteiger partial charge in [-0.3, -0.25) is 4.79 Å². The number of aromatic nitrogens is 2. The van der Waals surface area contributed by atoms with Crippen molar-refractivity contribution in [2.75, 3.05) is 5.32 Å². The number of carboxylic acid groups (broad SMARTS) is 1. The van der Waals surface area contributed by atoms with E-state index in [0.29, 0.717) is 11.3 Å². The third kappa shape index (κ3) is 4.81. The lowest BCUT2D eigenvalue weighted by Crippen LogP contribution is -2.10. The van der Waals surface area contributed by atoms with Crippen molar-refractivity contribution in [3.63, 3.8) is 0 Å². The molecule has 0 radical (unpaired) electrons. The minimum absolute atomic E-state index is 0.0608. The normalized spacial score (nSPS) is 11.2. The summed E-state index contributed by atoms with van der Waals surface area (Å²) >= 11 is 0. The van der Waals surface area contributed by atoms with Gasteiger partial charge in [-0.2, -0.15) is 13.2 Å². The van der Waals surface area contributed by atoms with Gasteiger partial charge in [-0.1, -0.05) is 36.4 Å². The van der Waals surface area contributed by atoms with E-state index < -0.39 is 17.8 Å². The average molecular weight is 373 g/mol. The summed E-state index contributed by atoms with van der Waals surface area (Å²) in [6.45, 7) is 0. The predicted octanol–water partition coefficient (Wildman–Crippen LogP) is 4.53. The molecule has 5 nitrogen and oxygen atoms in total. The van der Waals surface area contributed by atoms with Crippen molar-refractivity contribution in [1.29, 1.82) is 0 Å². The largest absolute Gasteiger partial charge is 0.481 e. The number of rotatable bonds is 5. The molecule has 0 fully saturated rings. The maximum absolute atomic E-state index is 12.7. The number of nitrogens with one attached hydrogen (secondary N) is 1. The molecule has 0 unspecified atom stereocenters. The lowest BCUT2D eigenvalue weighted by Gasteiger charge is -2.10. The first kappa shape index (κ1) is 18.4. The molecule has 3 aromatic rings. The highest BCUT2D eigenvalue weighted by atomic mass is 19.4. The molecule has 0 aliphatic rings. The molecule has 0 amide bonds. The lowest BCUT2D eigenvalue weighted by atomic mass is 10.0. The van der Waals surface area contributed by atoms with Crippen LogP contribution in [0.5, 0.6) is 0 Å². The molecule has 0 spiro atoms. The summed E-state index contributed by atoms with van der Waals surface area (Å²) in [5.74, 6) is -1.06. The van der Waals surface area contributed by atoms with Gasteiger partial charge >= 0.3 is 12.1 Å². The first-order chi connectivity index (χ1) is 12.8. The predicted molar refractivity (Wildman–Crippen MR) is 93.5 cm³/mol. The zero-order valence-corrected chi connectivity index (χ0v) is 13.9. The van der Waals surface area contributed by atoms with Gasteiger partial charge in [0.2, 0.25) is 5.95 Å². The van der Waals surface area contributed by atoms with Crippen molar-refractivity contribution in [2.24, 2.45) is 0 Å². The Hall–Kier alpha value is -3.42. The maximum Gasteiger partial charge on any atom is 0.433 e. The van der Waals surface area contributed by atoms with E-state index in [9.17, 15) is 18.0 Å². The van der Waals surface area contributed by atoms with Crippen molar-refractivity contribution in [1.82, 2.24) is 9.97 Å². The molecule has 0 bridgehead atoms. The van der Waals surface area contributed by atoms with Crippen LogP contribution < -0.4 is 5.32 Å². The molecule has 138 valence electrons. The molecule has 2 N–H and O–H groups in total. The summed E-state index contributed by atoms with van der Waals surface area (Å²) in [6.07, 6.45) is -3.56. The Labute approximate surface area is 152 Å². The van der Waals surface area contributed by atoms with Gasteiger partial charge in [-0.05, 0) is 34.9 Å². The van der Waals surface area contributed by atoms with Gasteiger partial charge in [0.05, 0.1) is 6.42 Å². The van der Waals surface area contributed by atoms with Crippen molar-refractivity contribution in [2.45, 2.75) is 12.6 Å². The fourth-order valence-electron chi connectivity index (χ4n) is 2.47. The van der Waals surface area contributed by atoms with E-state index in [0.717, 1.165) is 23.4 Å². The molecular weight excluding hydrogens is 359 g/mol. The monoisotopic (exact) mass is 373 g/mol. The highest BCUT2D eigenvalue weighted by molar-refractivity contribution is 5.72. The van der Waals surface area contributed by atoms with Crippen LogP contribution in [0.1, 0.15) is 11.3 Å². The molecule has 27 heavy (non-hydrogen) atoms. The van der Waals surface area contributed by atoms with E-state index in [4.69, 9.17) is 5.11 Å². The van der Waals surface area contributed by atoms with Crippen LogP contribution in [-0.2, 0) is 17.4 Å². The van der Waals surface area contributed by atoms with Gasteiger partial charge in [0.15, 0.2) is 0 Å². The minimum Gasteiger partial charge on any atom is -0.481 e. The van der Waals surface area contributed by atoms with Gasteiger partial charge in [0.1, 0.15) is 5.69 Å². The highest BCUT2D eigenvalue weighted by Crippen LogP contribution is 2.29. The SMILES string of the molecule is O=C(O)Cc1ccc(-c2cccc(Nc3nccc(C(F)(F)F)n3)c2)cc1. The van der Waals surface area contributed by atoms with Crippen LogP contribution in [0.25, 0.3) is 11.1 Å².